The van der Waals surface area contributed by atoms with Crippen LogP contribution in [0, 0.1) is 6.92 Å². The zero-order chi connectivity index (χ0) is 8.55. The Labute approximate surface area is 71.8 Å². The van der Waals surface area contributed by atoms with Gasteiger partial charge in [0.05, 0.1) is 13.2 Å². The van der Waals surface area contributed by atoms with Crippen molar-refractivity contribution in [3.63, 3.8) is 0 Å². The number of ether oxygens (including phenoxy) is 1. The molecule has 1 aliphatic heterocycles. The second-order valence-electron chi connectivity index (χ2n) is 3.17. The highest BCUT2D eigenvalue weighted by molar-refractivity contribution is 5.45. The van der Waals surface area contributed by atoms with E-state index >= 15 is 0 Å². The van der Waals surface area contributed by atoms with Gasteiger partial charge in [-0.05, 0) is 24.5 Å². The zero-order valence-electron chi connectivity index (χ0n) is 7.13. The van der Waals surface area contributed by atoms with Crippen LogP contribution in [0.2, 0.25) is 0 Å². The van der Waals surface area contributed by atoms with Crippen LogP contribution in [0.4, 0.5) is 0 Å². The third-order valence-corrected chi connectivity index (χ3v) is 2.34. The molecule has 0 saturated heterocycles. The van der Waals surface area contributed by atoms with Gasteiger partial charge in [0.25, 0.3) is 0 Å². The van der Waals surface area contributed by atoms with Crippen molar-refractivity contribution in [2.75, 3.05) is 6.61 Å². The van der Waals surface area contributed by atoms with E-state index in [1.807, 2.05) is 19.1 Å². The summed E-state index contributed by atoms with van der Waals surface area (Å²) in [7, 11) is 0. The highest BCUT2D eigenvalue weighted by atomic mass is 16.5. The van der Waals surface area contributed by atoms with Crippen LogP contribution >= 0.6 is 0 Å². The van der Waals surface area contributed by atoms with Gasteiger partial charge in [-0.2, -0.15) is 0 Å². The molecule has 1 aromatic carbocycles. The van der Waals surface area contributed by atoms with E-state index in [4.69, 9.17) is 4.74 Å². The molecular weight excluding hydrogens is 152 g/mol. The molecule has 0 radical (unpaired) electrons. The predicted octanol–water partition coefficient (Wildman–Crippen LogP) is 1.77. The summed E-state index contributed by atoms with van der Waals surface area (Å²) in [6.07, 6.45) is 0.836. The van der Waals surface area contributed by atoms with Crippen molar-refractivity contribution in [2.45, 2.75) is 20.0 Å². The van der Waals surface area contributed by atoms with Crippen LogP contribution in [0.15, 0.2) is 12.1 Å². The number of hydrogen-bond acceptors (Lipinski definition) is 2. The minimum atomic E-state index is 0.454. The summed E-state index contributed by atoms with van der Waals surface area (Å²) in [5.74, 6) is 0.454. The van der Waals surface area contributed by atoms with Crippen molar-refractivity contribution in [3.8, 4) is 5.75 Å². The number of fused-ring (bicyclic) bond motifs is 1. The fraction of sp³-hybridized carbons (Fsp3) is 0.400. The minimum Gasteiger partial charge on any atom is -0.507 e. The summed E-state index contributed by atoms with van der Waals surface area (Å²) in [6, 6.07) is 3.96. The van der Waals surface area contributed by atoms with E-state index in [2.05, 4.69) is 0 Å². The van der Waals surface area contributed by atoms with E-state index in [0.29, 0.717) is 12.4 Å². The third kappa shape index (κ3) is 1.08. The number of hydrogen-bond donors (Lipinski definition) is 1. The van der Waals surface area contributed by atoms with Gasteiger partial charge >= 0.3 is 0 Å². The lowest BCUT2D eigenvalue weighted by Crippen LogP contribution is -2.10. The van der Waals surface area contributed by atoms with Crippen molar-refractivity contribution in [1.82, 2.24) is 0 Å². The lowest BCUT2D eigenvalue weighted by Gasteiger charge is -2.18. The Morgan fingerprint density at radius 2 is 2.25 bits per heavy atom. The van der Waals surface area contributed by atoms with Crippen LogP contribution < -0.4 is 0 Å². The molecule has 1 N–H and O–H groups in total. The van der Waals surface area contributed by atoms with Crippen molar-refractivity contribution in [2.24, 2.45) is 0 Å². The number of phenols is 1. The average Bonchev–Trinajstić information content (AvgIpc) is 2.12. The van der Waals surface area contributed by atoms with Gasteiger partial charge < -0.3 is 9.84 Å². The number of benzene rings is 1. The summed E-state index contributed by atoms with van der Waals surface area (Å²) < 4.78 is 5.28. The zero-order valence-corrected chi connectivity index (χ0v) is 7.13. The van der Waals surface area contributed by atoms with Crippen molar-refractivity contribution >= 4 is 0 Å². The molecule has 0 spiro atoms. The van der Waals surface area contributed by atoms with E-state index < -0.39 is 0 Å². The molecule has 0 amide bonds. The average molecular weight is 164 g/mol. The number of rotatable bonds is 0. The van der Waals surface area contributed by atoms with Gasteiger partial charge in [-0.25, -0.2) is 0 Å². The van der Waals surface area contributed by atoms with Gasteiger partial charge in [-0.1, -0.05) is 12.1 Å². The molecule has 0 fully saturated rings. The molecule has 0 saturated carbocycles. The second-order valence-corrected chi connectivity index (χ2v) is 3.17. The molecule has 12 heavy (non-hydrogen) atoms. The number of aryl methyl sites for hydroxylation is 1. The molecular formula is C10H12O2. The van der Waals surface area contributed by atoms with Gasteiger partial charge in [-0.3, -0.25) is 0 Å². The topological polar surface area (TPSA) is 29.5 Å². The first-order valence-corrected chi connectivity index (χ1v) is 4.17. The van der Waals surface area contributed by atoms with Gasteiger partial charge in [0.2, 0.25) is 0 Å². The third-order valence-electron chi connectivity index (χ3n) is 2.34. The minimum absolute atomic E-state index is 0.454. The lowest BCUT2D eigenvalue weighted by molar-refractivity contribution is 0.109. The molecule has 0 unspecified atom stereocenters. The van der Waals surface area contributed by atoms with E-state index in [1.54, 1.807) is 0 Å². The molecule has 64 valence electrons. The Kier molecular flexibility index (Phi) is 1.77. The molecule has 2 nitrogen and oxygen atoms in total. The highest BCUT2D eigenvalue weighted by Gasteiger charge is 2.13. The standard InChI is InChI=1S/C10H12O2/c1-7-2-3-8-6-12-5-4-9(8)10(7)11/h2-3,11H,4-6H2,1H3. The highest BCUT2D eigenvalue weighted by Crippen LogP contribution is 2.28. The van der Waals surface area contributed by atoms with Crippen LogP contribution in [0.25, 0.3) is 0 Å². The van der Waals surface area contributed by atoms with E-state index in [-0.39, 0.29) is 0 Å². The predicted molar refractivity (Wildman–Crippen MR) is 46.2 cm³/mol. The first kappa shape index (κ1) is 7.62. The smallest absolute Gasteiger partial charge is 0.122 e. The van der Waals surface area contributed by atoms with Gasteiger partial charge in [0.1, 0.15) is 5.75 Å². The number of phenolic OH excluding ortho intramolecular Hbond substituents is 1. The Morgan fingerprint density at radius 1 is 1.42 bits per heavy atom. The van der Waals surface area contributed by atoms with Crippen LogP contribution in [0.3, 0.4) is 0 Å². The molecule has 2 heteroatoms. The maximum absolute atomic E-state index is 9.69. The van der Waals surface area contributed by atoms with Crippen molar-refractivity contribution < 1.29 is 9.84 Å². The van der Waals surface area contributed by atoms with Crippen LogP contribution in [-0.4, -0.2) is 11.7 Å². The Hall–Kier alpha value is -1.02. The first-order chi connectivity index (χ1) is 5.79. The van der Waals surface area contributed by atoms with Crippen molar-refractivity contribution in [3.05, 3.63) is 28.8 Å². The fourth-order valence-electron chi connectivity index (χ4n) is 1.57. The molecule has 0 aromatic heterocycles. The summed E-state index contributed by atoms with van der Waals surface area (Å²) in [6.45, 7) is 3.29. The molecule has 1 heterocycles. The molecule has 0 aliphatic carbocycles. The maximum Gasteiger partial charge on any atom is 0.122 e. The summed E-state index contributed by atoms with van der Waals surface area (Å²) in [5, 5.41) is 9.69. The quantitative estimate of drug-likeness (QED) is 0.633. The van der Waals surface area contributed by atoms with Crippen LogP contribution in [0.5, 0.6) is 5.75 Å². The summed E-state index contributed by atoms with van der Waals surface area (Å²) >= 11 is 0. The first-order valence-electron chi connectivity index (χ1n) is 4.17. The van der Waals surface area contributed by atoms with E-state index in [9.17, 15) is 5.11 Å². The molecule has 0 atom stereocenters. The Morgan fingerprint density at radius 3 is 3.08 bits per heavy atom. The molecule has 1 aliphatic rings. The van der Waals surface area contributed by atoms with Crippen molar-refractivity contribution in [1.29, 1.82) is 0 Å². The van der Waals surface area contributed by atoms with Crippen LogP contribution in [0.1, 0.15) is 16.7 Å². The Bertz CT molecular complexity index is 305. The van der Waals surface area contributed by atoms with E-state index in [0.717, 1.165) is 29.7 Å². The molecule has 2 rings (SSSR count). The normalized spacial score (nSPS) is 15.8. The van der Waals surface area contributed by atoms with Gasteiger partial charge in [0.15, 0.2) is 0 Å². The Balaban J connectivity index is 2.54. The fourth-order valence-corrected chi connectivity index (χ4v) is 1.57. The second kappa shape index (κ2) is 2.79. The SMILES string of the molecule is Cc1ccc2c(c1O)CCOC2. The summed E-state index contributed by atoms with van der Waals surface area (Å²) in [5.41, 5.74) is 3.15. The van der Waals surface area contributed by atoms with Gasteiger partial charge in [-0.15, -0.1) is 0 Å². The maximum atomic E-state index is 9.69. The molecule has 0 bridgehead atoms. The monoisotopic (exact) mass is 164 g/mol. The lowest BCUT2D eigenvalue weighted by atomic mass is 9.99. The molecule has 1 aromatic rings. The largest absolute Gasteiger partial charge is 0.507 e. The van der Waals surface area contributed by atoms with Crippen LogP contribution in [-0.2, 0) is 17.8 Å². The van der Waals surface area contributed by atoms with E-state index in [1.165, 1.54) is 0 Å². The summed E-state index contributed by atoms with van der Waals surface area (Å²) in [4.78, 5) is 0. The number of aromatic hydroxyl groups is 1. The van der Waals surface area contributed by atoms with Gasteiger partial charge in [0, 0.05) is 5.56 Å².